The molecule has 0 aliphatic rings. The lowest BCUT2D eigenvalue weighted by molar-refractivity contribution is -0.142. The van der Waals surface area contributed by atoms with Crippen LogP contribution in [0.15, 0.2) is 30.3 Å². The van der Waals surface area contributed by atoms with Crippen LogP contribution in [-0.2, 0) is 25.6 Å². The molecule has 1 unspecified atom stereocenters. The van der Waals surface area contributed by atoms with Gasteiger partial charge in [-0.3, -0.25) is 24.5 Å². The minimum Gasteiger partial charge on any atom is -0.480 e. The van der Waals surface area contributed by atoms with Gasteiger partial charge in [-0.15, -0.1) is 0 Å². The lowest BCUT2D eigenvalue weighted by atomic mass is 10.0. The van der Waals surface area contributed by atoms with Gasteiger partial charge in [0.25, 0.3) is 0 Å². The Labute approximate surface area is 156 Å². The first kappa shape index (κ1) is 24.0. The third-order valence-electron chi connectivity index (χ3n) is 3.42. The third-order valence-corrected chi connectivity index (χ3v) is 3.42. The number of carboxylic acids is 3. The summed E-state index contributed by atoms with van der Waals surface area (Å²) in [6.07, 6.45) is 0.642. The minimum absolute atomic E-state index is 0.310. The van der Waals surface area contributed by atoms with E-state index in [4.69, 9.17) is 21.1 Å². The monoisotopic (exact) mass is 383 g/mol. The molecule has 10 nitrogen and oxygen atoms in total. The van der Waals surface area contributed by atoms with Gasteiger partial charge in [0.1, 0.15) is 18.1 Å². The van der Waals surface area contributed by atoms with Gasteiger partial charge in [-0.2, -0.15) is 0 Å². The highest BCUT2D eigenvalue weighted by Crippen LogP contribution is 2.06. The SMILES string of the molecule is C[C@@H](N[C@@H](CCc1ccccc1)C(=O)O)C(=O)O.NC(=O)CC(N)C(=O)O. The van der Waals surface area contributed by atoms with Crippen LogP contribution in [-0.4, -0.2) is 57.3 Å². The Morgan fingerprint density at radius 3 is 1.93 bits per heavy atom. The van der Waals surface area contributed by atoms with Crippen LogP contribution < -0.4 is 16.8 Å². The van der Waals surface area contributed by atoms with E-state index in [0.717, 1.165) is 5.56 Å². The predicted octanol–water partition coefficient (Wildman–Crippen LogP) is -0.591. The number of carboxylic acid groups (broad SMARTS) is 3. The smallest absolute Gasteiger partial charge is 0.321 e. The standard InChI is InChI=1S/C13H17NO4.C4H8N2O3/c1-9(12(15)16)14-11(13(17)18)8-7-10-5-3-2-4-6-10;5-2(4(8)9)1-3(6)7/h2-6,9,11,14H,7-8H2,1H3,(H,15,16)(H,17,18);2H,1,5H2,(H2,6,7)(H,8,9)/t9-,11+;/m1./s1. The van der Waals surface area contributed by atoms with Crippen molar-refractivity contribution in [3.63, 3.8) is 0 Å². The van der Waals surface area contributed by atoms with E-state index in [-0.39, 0.29) is 6.42 Å². The molecule has 150 valence electrons. The molecule has 0 aliphatic heterocycles. The summed E-state index contributed by atoms with van der Waals surface area (Å²) in [5.74, 6) is -4.00. The van der Waals surface area contributed by atoms with Crippen molar-refractivity contribution in [3.05, 3.63) is 35.9 Å². The van der Waals surface area contributed by atoms with Gasteiger partial charge in [0.05, 0.1) is 6.42 Å². The number of rotatable bonds is 10. The molecule has 0 aromatic heterocycles. The first-order valence-corrected chi connectivity index (χ1v) is 8.06. The molecule has 0 heterocycles. The Hall–Kier alpha value is -2.98. The van der Waals surface area contributed by atoms with E-state index in [1.54, 1.807) is 0 Å². The second-order valence-electron chi connectivity index (χ2n) is 5.76. The first-order chi connectivity index (χ1) is 12.5. The van der Waals surface area contributed by atoms with E-state index in [9.17, 15) is 19.2 Å². The number of carbonyl (C=O) groups excluding carboxylic acids is 1. The van der Waals surface area contributed by atoms with Crippen molar-refractivity contribution < 1.29 is 34.5 Å². The molecule has 0 aliphatic carbocycles. The van der Waals surface area contributed by atoms with Crippen molar-refractivity contribution >= 4 is 23.8 Å². The molecule has 1 aromatic rings. The Kier molecular flexibility index (Phi) is 11.0. The van der Waals surface area contributed by atoms with Gasteiger partial charge in [0.2, 0.25) is 5.91 Å². The van der Waals surface area contributed by atoms with Gasteiger partial charge >= 0.3 is 17.9 Å². The van der Waals surface area contributed by atoms with Crippen LogP contribution in [0.25, 0.3) is 0 Å². The van der Waals surface area contributed by atoms with Crippen molar-refractivity contribution in [2.24, 2.45) is 11.5 Å². The number of benzene rings is 1. The van der Waals surface area contributed by atoms with Gasteiger partial charge in [0.15, 0.2) is 0 Å². The van der Waals surface area contributed by atoms with Gasteiger partial charge in [-0.05, 0) is 25.3 Å². The summed E-state index contributed by atoms with van der Waals surface area (Å²) in [4.78, 5) is 41.6. The predicted molar refractivity (Wildman–Crippen MR) is 95.8 cm³/mol. The summed E-state index contributed by atoms with van der Waals surface area (Å²) in [5.41, 5.74) is 10.6. The molecular formula is C17H25N3O7. The van der Waals surface area contributed by atoms with E-state index in [1.807, 2.05) is 30.3 Å². The molecule has 3 atom stereocenters. The van der Waals surface area contributed by atoms with E-state index in [2.05, 4.69) is 11.1 Å². The molecule has 0 saturated heterocycles. The van der Waals surface area contributed by atoms with Crippen LogP contribution in [0.1, 0.15) is 25.3 Å². The van der Waals surface area contributed by atoms with Crippen molar-refractivity contribution in [3.8, 4) is 0 Å². The zero-order valence-electron chi connectivity index (χ0n) is 14.9. The van der Waals surface area contributed by atoms with Crippen molar-refractivity contribution in [1.82, 2.24) is 5.32 Å². The molecule has 0 bridgehead atoms. The number of nitrogens with two attached hydrogens (primary N) is 2. The summed E-state index contributed by atoms with van der Waals surface area (Å²) in [5, 5.41) is 28.5. The number of carbonyl (C=O) groups is 4. The second kappa shape index (κ2) is 12.4. The van der Waals surface area contributed by atoms with Crippen molar-refractivity contribution in [1.29, 1.82) is 0 Å². The number of aliphatic carboxylic acids is 3. The normalized spacial score (nSPS) is 13.4. The largest absolute Gasteiger partial charge is 0.480 e. The van der Waals surface area contributed by atoms with Crippen LogP contribution in [0.4, 0.5) is 0 Å². The summed E-state index contributed by atoms with van der Waals surface area (Å²) < 4.78 is 0. The Morgan fingerprint density at radius 1 is 1.00 bits per heavy atom. The first-order valence-electron chi connectivity index (χ1n) is 8.06. The van der Waals surface area contributed by atoms with E-state index in [0.29, 0.717) is 12.8 Å². The van der Waals surface area contributed by atoms with Gasteiger partial charge < -0.3 is 26.8 Å². The fourth-order valence-electron chi connectivity index (χ4n) is 1.91. The minimum atomic E-state index is -1.21. The average molecular weight is 383 g/mol. The number of nitrogens with one attached hydrogen (secondary N) is 1. The van der Waals surface area contributed by atoms with Gasteiger partial charge in [-0.1, -0.05) is 30.3 Å². The molecule has 1 aromatic carbocycles. The fraction of sp³-hybridized carbons (Fsp3) is 0.412. The van der Waals surface area contributed by atoms with Crippen LogP contribution in [0.5, 0.6) is 0 Å². The number of aryl methyl sites for hydroxylation is 1. The maximum atomic E-state index is 11.0. The molecule has 0 fully saturated rings. The van der Waals surface area contributed by atoms with Crippen LogP contribution in [0.3, 0.4) is 0 Å². The van der Waals surface area contributed by atoms with E-state index >= 15 is 0 Å². The van der Waals surface area contributed by atoms with Crippen molar-refractivity contribution in [2.75, 3.05) is 0 Å². The fourth-order valence-corrected chi connectivity index (χ4v) is 1.91. The summed E-state index contributed by atoms with van der Waals surface area (Å²) in [6, 6.07) is 6.61. The number of hydrogen-bond donors (Lipinski definition) is 6. The molecule has 27 heavy (non-hydrogen) atoms. The molecule has 0 spiro atoms. The topological polar surface area (TPSA) is 193 Å². The maximum Gasteiger partial charge on any atom is 0.321 e. The lowest BCUT2D eigenvalue weighted by Gasteiger charge is -2.17. The summed E-state index contributed by atoms with van der Waals surface area (Å²) >= 11 is 0. The highest BCUT2D eigenvalue weighted by molar-refractivity contribution is 5.83. The molecule has 1 amide bonds. The second-order valence-corrected chi connectivity index (χ2v) is 5.76. The molecular weight excluding hydrogens is 358 g/mol. The Bertz CT molecular complexity index is 637. The number of amides is 1. The highest BCUT2D eigenvalue weighted by Gasteiger charge is 2.22. The van der Waals surface area contributed by atoms with Gasteiger partial charge in [-0.25, -0.2) is 0 Å². The summed E-state index contributed by atoms with van der Waals surface area (Å²) in [6.45, 7) is 1.43. The molecule has 10 heteroatoms. The highest BCUT2D eigenvalue weighted by atomic mass is 16.4. The van der Waals surface area contributed by atoms with Crippen LogP contribution in [0.2, 0.25) is 0 Å². The Morgan fingerprint density at radius 2 is 1.56 bits per heavy atom. The third kappa shape index (κ3) is 11.3. The maximum absolute atomic E-state index is 11.0. The van der Waals surface area contributed by atoms with E-state index < -0.39 is 41.9 Å². The zero-order valence-corrected chi connectivity index (χ0v) is 14.9. The van der Waals surface area contributed by atoms with E-state index in [1.165, 1.54) is 6.92 Å². The molecule has 1 rings (SSSR count). The van der Waals surface area contributed by atoms with Crippen LogP contribution >= 0.6 is 0 Å². The number of primary amides is 1. The molecule has 8 N–H and O–H groups in total. The van der Waals surface area contributed by atoms with Crippen molar-refractivity contribution in [2.45, 2.75) is 44.3 Å². The Balaban J connectivity index is 0.000000636. The lowest BCUT2D eigenvalue weighted by Crippen LogP contribution is -2.45. The van der Waals surface area contributed by atoms with Crippen LogP contribution in [0, 0.1) is 0 Å². The summed E-state index contributed by atoms with van der Waals surface area (Å²) in [7, 11) is 0. The van der Waals surface area contributed by atoms with Gasteiger partial charge in [0, 0.05) is 0 Å². The molecule has 0 saturated carbocycles. The quantitative estimate of drug-likeness (QED) is 0.306. The number of hydrogen-bond acceptors (Lipinski definition) is 6. The molecule has 0 radical (unpaired) electrons. The average Bonchev–Trinajstić information content (AvgIpc) is 2.58. The zero-order chi connectivity index (χ0) is 21.0.